The second kappa shape index (κ2) is 5.93. The molecule has 2 N–H and O–H groups in total. The maximum Gasteiger partial charge on any atom is 0.202 e. The Labute approximate surface area is 111 Å². The van der Waals surface area contributed by atoms with Gasteiger partial charge in [-0.25, -0.2) is 4.98 Å². The summed E-state index contributed by atoms with van der Waals surface area (Å²) >= 11 is 1.39. The maximum atomic E-state index is 9.07. The van der Waals surface area contributed by atoms with Gasteiger partial charge in [-0.3, -0.25) is 0 Å². The van der Waals surface area contributed by atoms with Crippen LogP contribution in [-0.4, -0.2) is 14.5 Å². The Balaban J connectivity index is 1.97. The lowest BCUT2D eigenvalue weighted by atomic mass is 10.1. The lowest BCUT2D eigenvalue weighted by molar-refractivity contribution is 0.281. The number of rotatable bonds is 5. The van der Waals surface area contributed by atoms with Crippen molar-refractivity contribution >= 4 is 16.7 Å². The van der Waals surface area contributed by atoms with Crippen molar-refractivity contribution in [2.75, 3.05) is 5.32 Å². The fourth-order valence-corrected chi connectivity index (χ4v) is 2.26. The number of nitrogens with one attached hydrogen (secondary N) is 1. The highest BCUT2D eigenvalue weighted by Crippen LogP contribution is 2.18. The first-order valence-corrected chi connectivity index (χ1v) is 6.72. The number of aromatic nitrogens is 2. The van der Waals surface area contributed by atoms with E-state index in [0.717, 1.165) is 22.1 Å². The molecule has 18 heavy (non-hydrogen) atoms. The second-order valence-electron chi connectivity index (χ2n) is 4.44. The zero-order valence-electron chi connectivity index (χ0n) is 10.6. The maximum absolute atomic E-state index is 9.07. The quantitative estimate of drug-likeness (QED) is 0.871. The number of anilines is 1. The largest absolute Gasteiger partial charge is 0.392 e. The normalized spacial score (nSPS) is 10.9. The zero-order chi connectivity index (χ0) is 13.0. The van der Waals surface area contributed by atoms with E-state index in [0.29, 0.717) is 12.5 Å². The number of aliphatic hydroxyl groups excluding tert-OH is 1. The van der Waals surface area contributed by atoms with E-state index >= 15 is 0 Å². The van der Waals surface area contributed by atoms with Crippen LogP contribution >= 0.6 is 11.5 Å². The van der Waals surface area contributed by atoms with Crippen LogP contribution < -0.4 is 5.32 Å². The molecule has 0 fully saturated rings. The van der Waals surface area contributed by atoms with Gasteiger partial charge in [0.15, 0.2) is 0 Å². The van der Waals surface area contributed by atoms with E-state index in [2.05, 4.69) is 28.5 Å². The number of hydrogen-bond donors (Lipinski definition) is 2. The smallest absolute Gasteiger partial charge is 0.202 e. The van der Waals surface area contributed by atoms with Crippen molar-refractivity contribution in [1.82, 2.24) is 9.36 Å². The number of hydrogen-bond acceptors (Lipinski definition) is 5. The highest BCUT2D eigenvalue weighted by atomic mass is 32.1. The van der Waals surface area contributed by atoms with Crippen molar-refractivity contribution in [2.24, 2.45) is 0 Å². The van der Waals surface area contributed by atoms with E-state index in [9.17, 15) is 0 Å². The molecule has 4 nitrogen and oxygen atoms in total. The summed E-state index contributed by atoms with van der Waals surface area (Å²) < 4.78 is 4.29. The Kier molecular flexibility index (Phi) is 4.28. The van der Waals surface area contributed by atoms with Gasteiger partial charge in [0.25, 0.3) is 0 Å². The molecule has 0 atom stereocenters. The van der Waals surface area contributed by atoms with E-state index in [-0.39, 0.29) is 6.61 Å². The van der Waals surface area contributed by atoms with E-state index in [1.54, 1.807) is 0 Å². The van der Waals surface area contributed by atoms with Crippen LogP contribution in [0.3, 0.4) is 0 Å². The molecule has 2 aromatic rings. The summed E-state index contributed by atoms with van der Waals surface area (Å²) in [4.78, 5) is 4.41. The van der Waals surface area contributed by atoms with Gasteiger partial charge >= 0.3 is 0 Å². The molecular weight excluding hydrogens is 246 g/mol. The van der Waals surface area contributed by atoms with Gasteiger partial charge in [0.1, 0.15) is 5.82 Å². The zero-order valence-corrected chi connectivity index (χ0v) is 11.4. The van der Waals surface area contributed by atoms with Crippen LogP contribution in [0.5, 0.6) is 0 Å². The van der Waals surface area contributed by atoms with Gasteiger partial charge in [0.05, 0.1) is 6.61 Å². The predicted octanol–water partition coefficient (Wildman–Crippen LogP) is 2.77. The van der Waals surface area contributed by atoms with Crippen molar-refractivity contribution in [2.45, 2.75) is 32.9 Å². The van der Waals surface area contributed by atoms with Gasteiger partial charge in [0.2, 0.25) is 5.13 Å². The molecule has 0 saturated heterocycles. The Morgan fingerprint density at radius 2 is 2.11 bits per heavy atom. The number of nitrogens with zero attached hydrogens (tertiary/aromatic N) is 2. The monoisotopic (exact) mass is 263 g/mol. The average molecular weight is 263 g/mol. The molecule has 1 aromatic carbocycles. The van der Waals surface area contributed by atoms with Crippen molar-refractivity contribution in [3.63, 3.8) is 0 Å². The molecule has 0 unspecified atom stereocenters. The molecule has 1 heterocycles. The van der Waals surface area contributed by atoms with Crippen LogP contribution in [0.4, 0.5) is 5.13 Å². The third-order valence-electron chi connectivity index (χ3n) is 2.58. The Hall–Kier alpha value is -1.46. The molecule has 5 heteroatoms. The molecule has 0 aliphatic carbocycles. The lowest BCUT2D eigenvalue weighted by Crippen LogP contribution is -2.00. The van der Waals surface area contributed by atoms with Crippen LogP contribution in [-0.2, 0) is 13.2 Å². The third-order valence-corrected chi connectivity index (χ3v) is 3.26. The van der Waals surface area contributed by atoms with Crippen molar-refractivity contribution < 1.29 is 5.11 Å². The molecule has 0 aliphatic heterocycles. The van der Waals surface area contributed by atoms with Gasteiger partial charge in [-0.2, -0.15) is 4.37 Å². The molecule has 96 valence electrons. The average Bonchev–Trinajstić information content (AvgIpc) is 2.85. The molecule has 2 rings (SSSR count). The number of aliphatic hydroxyl groups is 1. The minimum absolute atomic E-state index is 0.0736. The van der Waals surface area contributed by atoms with Gasteiger partial charge in [0, 0.05) is 24.0 Å². The summed E-state index contributed by atoms with van der Waals surface area (Å²) in [7, 11) is 0. The highest BCUT2D eigenvalue weighted by molar-refractivity contribution is 7.09. The van der Waals surface area contributed by atoms with Gasteiger partial charge in [-0.15, -0.1) is 0 Å². The topological polar surface area (TPSA) is 58.0 Å². The van der Waals surface area contributed by atoms with Crippen LogP contribution in [0.15, 0.2) is 24.3 Å². The molecule has 0 spiro atoms. The van der Waals surface area contributed by atoms with Crippen LogP contribution in [0.2, 0.25) is 0 Å². The summed E-state index contributed by atoms with van der Waals surface area (Å²) in [6, 6.07) is 7.86. The van der Waals surface area contributed by atoms with Crippen LogP contribution in [0.1, 0.15) is 36.7 Å². The van der Waals surface area contributed by atoms with E-state index in [1.807, 2.05) is 24.3 Å². The molecular formula is C13H17N3OS. The van der Waals surface area contributed by atoms with E-state index < -0.39 is 0 Å². The third kappa shape index (κ3) is 3.27. The second-order valence-corrected chi connectivity index (χ2v) is 5.20. The lowest BCUT2D eigenvalue weighted by Gasteiger charge is -2.04. The first-order valence-electron chi connectivity index (χ1n) is 5.95. The predicted molar refractivity (Wildman–Crippen MR) is 73.7 cm³/mol. The summed E-state index contributed by atoms with van der Waals surface area (Å²) in [5.41, 5.74) is 2.05. The fraction of sp³-hybridized carbons (Fsp3) is 0.385. The molecule has 0 saturated carbocycles. The summed E-state index contributed by atoms with van der Waals surface area (Å²) in [6.45, 7) is 4.93. The van der Waals surface area contributed by atoms with Crippen molar-refractivity contribution in [3.05, 3.63) is 41.2 Å². The summed E-state index contributed by atoms with van der Waals surface area (Å²) in [5.74, 6) is 1.24. The highest BCUT2D eigenvalue weighted by Gasteiger charge is 2.07. The van der Waals surface area contributed by atoms with E-state index in [1.165, 1.54) is 11.5 Å². The first-order chi connectivity index (χ1) is 8.69. The first kappa shape index (κ1) is 13.0. The Morgan fingerprint density at radius 1 is 1.33 bits per heavy atom. The minimum Gasteiger partial charge on any atom is -0.392 e. The van der Waals surface area contributed by atoms with Crippen LogP contribution in [0.25, 0.3) is 0 Å². The van der Waals surface area contributed by atoms with Crippen molar-refractivity contribution in [1.29, 1.82) is 0 Å². The minimum atomic E-state index is 0.0736. The summed E-state index contributed by atoms with van der Waals surface area (Å²) in [6.07, 6.45) is 0. The van der Waals surface area contributed by atoms with Crippen molar-refractivity contribution in [3.8, 4) is 0 Å². The van der Waals surface area contributed by atoms with Gasteiger partial charge in [-0.05, 0) is 11.1 Å². The van der Waals surface area contributed by atoms with Gasteiger partial charge in [-0.1, -0.05) is 38.1 Å². The van der Waals surface area contributed by atoms with Gasteiger partial charge < -0.3 is 10.4 Å². The molecule has 1 aromatic heterocycles. The SMILES string of the molecule is CC(C)c1nsc(NCc2cccc(CO)c2)n1. The number of benzene rings is 1. The van der Waals surface area contributed by atoms with Crippen LogP contribution in [0, 0.1) is 0 Å². The molecule has 0 aliphatic rings. The fourth-order valence-electron chi connectivity index (χ4n) is 1.56. The molecule has 0 radical (unpaired) electrons. The molecule has 0 amide bonds. The standard InChI is InChI=1S/C13H17N3OS/c1-9(2)12-15-13(18-16-12)14-7-10-4-3-5-11(6-10)8-17/h3-6,9,17H,7-8H2,1-2H3,(H,14,15,16). The summed E-state index contributed by atoms with van der Waals surface area (Å²) in [5, 5.41) is 13.2. The molecule has 0 bridgehead atoms. The van der Waals surface area contributed by atoms with E-state index in [4.69, 9.17) is 5.11 Å². The Bertz CT molecular complexity index is 510. The Morgan fingerprint density at radius 3 is 2.78 bits per heavy atom.